The van der Waals surface area contributed by atoms with Gasteiger partial charge in [0.25, 0.3) is 0 Å². The Balaban J connectivity index is 1.47. The molecule has 2 fully saturated rings. The topological polar surface area (TPSA) is 57.7 Å². The number of aromatic nitrogens is 3. The zero-order valence-corrected chi connectivity index (χ0v) is 12.6. The van der Waals surface area contributed by atoms with Gasteiger partial charge in [-0.25, -0.2) is 0 Å². The van der Waals surface area contributed by atoms with E-state index in [0.29, 0.717) is 5.92 Å². The van der Waals surface area contributed by atoms with E-state index in [0.717, 1.165) is 45.4 Å². The lowest BCUT2D eigenvalue weighted by atomic mass is 9.69. The van der Waals surface area contributed by atoms with E-state index in [1.54, 1.807) is 0 Å². The van der Waals surface area contributed by atoms with Crippen molar-refractivity contribution in [1.29, 1.82) is 5.26 Å². The van der Waals surface area contributed by atoms with Crippen molar-refractivity contribution in [3.8, 4) is 6.07 Å². The minimum Gasteiger partial charge on any atom is -0.315 e. The Kier molecular flexibility index (Phi) is 3.22. The Hall–Kier alpha value is -1.41. The number of fused-ring (bicyclic) bond motifs is 1. The average Bonchev–Trinajstić information content (AvgIpc) is 3.06. The highest BCUT2D eigenvalue weighted by Crippen LogP contribution is 2.42. The first-order chi connectivity index (χ1) is 10.3. The van der Waals surface area contributed by atoms with Crippen LogP contribution in [0.5, 0.6) is 0 Å². The van der Waals surface area contributed by atoms with Crippen LogP contribution in [-0.2, 0) is 13.0 Å². The Bertz CT molecular complexity index is 566. The highest BCUT2D eigenvalue weighted by molar-refractivity contribution is 5.10. The van der Waals surface area contributed by atoms with E-state index < -0.39 is 0 Å². The van der Waals surface area contributed by atoms with E-state index in [-0.39, 0.29) is 5.41 Å². The summed E-state index contributed by atoms with van der Waals surface area (Å²) in [4.78, 5) is 2.51. The van der Waals surface area contributed by atoms with Crippen molar-refractivity contribution in [2.24, 2.45) is 5.41 Å². The van der Waals surface area contributed by atoms with Crippen LogP contribution < -0.4 is 0 Å². The monoisotopic (exact) mass is 285 g/mol. The molecule has 3 heterocycles. The van der Waals surface area contributed by atoms with E-state index in [9.17, 15) is 5.26 Å². The van der Waals surface area contributed by atoms with Gasteiger partial charge >= 0.3 is 0 Å². The molecular formula is C16H23N5. The number of piperidine rings is 1. The lowest BCUT2D eigenvalue weighted by Crippen LogP contribution is -2.45. The summed E-state index contributed by atoms with van der Waals surface area (Å²) in [6, 6.07) is 2.58. The Labute approximate surface area is 126 Å². The van der Waals surface area contributed by atoms with E-state index in [1.165, 1.54) is 37.3 Å². The van der Waals surface area contributed by atoms with Crippen molar-refractivity contribution in [1.82, 2.24) is 19.7 Å². The minimum atomic E-state index is -0.0469. The van der Waals surface area contributed by atoms with Crippen molar-refractivity contribution in [3.05, 3.63) is 11.6 Å². The molecule has 3 aliphatic rings. The SMILES string of the molecule is N#CC1(CN2CCC[C@H](c3nnc4n3CCC4)C2)CCC1. The predicted molar refractivity (Wildman–Crippen MR) is 78.7 cm³/mol. The van der Waals surface area contributed by atoms with E-state index in [2.05, 4.69) is 25.7 Å². The molecule has 1 saturated heterocycles. The van der Waals surface area contributed by atoms with Gasteiger partial charge in [0.15, 0.2) is 0 Å². The molecule has 0 amide bonds. The molecule has 0 aromatic carbocycles. The number of likely N-dealkylation sites (tertiary alicyclic amines) is 1. The molecular weight excluding hydrogens is 262 g/mol. The first-order valence-corrected chi connectivity index (χ1v) is 8.35. The highest BCUT2D eigenvalue weighted by Gasteiger charge is 2.40. The fourth-order valence-electron chi connectivity index (χ4n) is 4.22. The van der Waals surface area contributed by atoms with Gasteiger partial charge in [-0.1, -0.05) is 6.42 Å². The number of nitriles is 1. The van der Waals surface area contributed by atoms with Gasteiger partial charge in [-0.2, -0.15) is 5.26 Å². The van der Waals surface area contributed by atoms with Gasteiger partial charge in [-0.15, -0.1) is 10.2 Å². The minimum absolute atomic E-state index is 0.0469. The molecule has 1 aliphatic carbocycles. The second-order valence-electron chi connectivity index (χ2n) is 7.05. The molecule has 1 aromatic rings. The van der Waals surface area contributed by atoms with Crippen LogP contribution in [0.3, 0.4) is 0 Å². The zero-order valence-electron chi connectivity index (χ0n) is 12.6. The number of hydrogen-bond acceptors (Lipinski definition) is 4. The van der Waals surface area contributed by atoms with Crippen LogP contribution in [0, 0.1) is 16.7 Å². The normalized spacial score (nSPS) is 27.9. The predicted octanol–water partition coefficient (Wildman–Crippen LogP) is 2.10. The number of rotatable bonds is 3. The summed E-state index contributed by atoms with van der Waals surface area (Å²) in [7, 11) is 0. The molecule has 21 heavy (non-hydrogen) atoms. The summed E-state index contributed by atoms with van der Waals surface area (Å²) in [5.74, 6) is 2.88. The van der Waals surface area contributed by atoms with Crippen LogP contribution in [-0.4, -0.2) is 39.3 Å². The number of aryl methyl sites for hydroxylation is 1. The van der Waals surface area contributed by atoms with Gasteiger partial charge in [0.1, 0.15) is 11.6 Å². The maximum Gasteiger partial charge on any atom is 0.137 e. The molecule has 112 valence electrons. The van der Waals surface area contributed by atoms with Crippen LogP contribution >= 0.6 is 0 Å². The third-order valence-corrected chi connectivity index (χ3v) is 5.58. The Morgan fingerprint density at radius 3 is 2.86 bits per heavy atom. The summed E-state index contributed by atoms with van der Waals surface area (Å²) in [5, 5.41) is 18.3. The van der Waals surface area contributed by atoms with Crippen molar-refractivity contribution in [3.63, 3.8) is 0 Å². The molecule has 5 heteroatoms. The van der Waals surface area contributed by atoms with E-state index in [1.807, 2.05) is 0 Å². The summed E-state index contributed by atoms with van der Waals surface area (Å²) in [6.07, 6.45) is 8.13. The number of nitrogens with zero attached hydrogens (tertiary/aromatic N) is 5. The largest absolute Gasteiger partial charge is 0.315 e. The molecule has 0 bridgehead atoms. The summed E-state index contributed by atoms with van der Waals surface area (Å²) >= 11 is 0. The van der Waals surface area contributed by atoms with Crippen LogP contribution in [0.4, 0.5) is 0 Å². The summed E-state index contributed by atoms with van der Waals surface area (Å²) in [6.45, 7) is 4.25. The molecule has 0 spiro atoms. The Morgan fingerprint density at radius 1 is 1.19 bits per heavy atom. The van der Waals surface area contributed by atoms with Crippen LogP contribution in [0.25, 0.3) is 0 Å². The third kappa shape index (κ3) is 2.26. The van der Waals surface area contributed by atoms with Gasteiger partial charge in [0.05, 0.1) is 11.5 Å². The fraction of sp³-hybridized carbons (Fsp3) is 0.812. The fourth-order valence-corrected chi connectivity index (χ4v) is 4.22. The third-order valence-electron chi connectivity index (χ3n) is 5.58. The van der Waals surface area contributed by atoms with Crippen LogP contribution in [0.2, 0.25) is 0 Å². The molecule has 0 radical (unpaired) electrons. The van der Waals surface area contributed by atoms with E-state index in [4.69, 9.17) is 0 Å². The van der Waals surface area contributed by atoms with Crippen LogP contribution in [0.1, 0.15) is 56.1 Å². The first kappa shape index (κ1) is 13.3. The van der Waals surface area contributed by atoms with Gasteiger partial charge in [-0.05, 0) is 38.6 Å². The quantitative estimate of drug-likeness (QED) is 0.853. The van der Waals surface area contributed by atoms with Crippen molar-refractivity contribution < 1.29 is 0 Å². The molecule has 0 N–H and O–H groups in total. The smallest absolute Gasteiger partial charge is 0.137 e. The first-order valence-electron chi connectivity index (χ1n) is 8.35. The average molecular weight is 285 g/mol. The molecule has 1 aromatic heterocycles. The van der Waals surface area contributed by atoms with Gasteiger partial charge in [0, 0.05) is 32.0 Å². The van der Waals surface area contributed by atoms with Gasteiger partial charge in [0.2, 0.25) is 0 Å². The molecule has 0 unspecified atom stereocenters. The second-order valence-corrected chi connectivity index (χ2v) is 7.05. The van der Waals surface area contributed by atoms with Crippen LogP contribution in [0.15, 0.2) is 0 Å². The van der Waals surface area contributed by atoms with Crippen molar-refractivity contribution in [2.45, 2.75) is 57.4 Å². The number of hydrogen-bond donors (Lipinski definition) is 0. The van der Waals surface area contributed by atoms with Gasteiger partial charge in [-0.3, -0.25) is 0 Å². The standard InChI is InChI=1S/C16H23N5/c17-11-16(6-3-7-16)12-20-8-1-4-13(10-20)15-19-18-14-5-2-9-21(14)15/h13H,1-10,12H2/t13-/m0/s1. The lowest BCUT2D eigenvalue weighted by Gasteiger charge is -2.42. The maximum atomic E-state index is 9.44. The van der Waals surface area contributed by atoms with Crippen molar-refractivity contribution in [2.75, 3.05) is 19.6 Å². The summed E-state index contributed by atoms with van der Waals surface area (Å²) < 4.78 is 2.34. The molecule has 1 atom stereocenters. The molecule has 1 saturated carbocycles. The van der Waals surface area contributed by atoms with Gasteiger partial charge < -0.3 is 9.47 Å². The highest BCUT2D eigenvalue weighted by atomic mass is 15.3. The second kappa shape index (κ2) is 5.10. The summed E-state index contributed by atoms with van der Waals surface area (Å²) in [5.41, 5.74) is -0.0469. The lowest BCUT2D eigenvalue weighted by molar-refractivity contribution is 0.0966. The Morgan fingerprint density at radius 2 is 2.10 bits per heavy atom. The molecule has 4 rings (SSSR count). The van der Waals surface area contributed by atoms with E-state index >= 15 is 0 Å². The molecule has 2 aliphatic heterocycles. The zero-order chi connectivity index (χ0) is 14.3. The maximum absolute atomic E-state index is 9.44. The molecule has 5 nitrogen and oxygen atoms in total. The van der Waals surface area contributed by atoms with Crippen molar-refractivity contribution >= 4 is 0 Å².